The number of aromatic amines is 1. The molecule has 134 valence electrons. The monoisotopic (exact) mass is 360 g/mol. The van der Waals surface area contributed by atoms with Gasteiger partial charge in [0.2, 0.25) is 0 Å². The highest BCUT2D eigenvalue weighted by atomic mass is 16.2. The summed E-state index contributed by atoms with van der Waals surface area (Å²) in [5.74, 6) is -0.779. The number of carbonyl (C=O) groups is 2. The van der Waals surface area contributed by atoms with Crippen LogP contribution in [-0.4, -0.2) is 31.6 Å². The van der Waals surface area contributed by atoms with Gasteiger partial charge >= 0.3 is 0 Å². The third-order valence-electron chi connectivity index (χ3n) is 4.15. The highest BCUT2D eigenvalue weighted by molar-refractivity contribution is 6.07. The molecule has 0 radical (unpaired) electrons. The molecule has 2 aromatic carbocycles. The van der Waals surface area contributed by atoms with Crippen LogP contribution >= 0.6 is 0 Å². The predicted molar refractivity (Wildman–Crippen MR) is 98.8 cm³/mol. The van der Waals surface area contributed by atoms with E-state index in [1.807, 2.05) is 36.4 Å². The molecule has 3 N–H and O–H groups in total. The molecule has 0 fully saturated rings. The third kappa shape index (κ3) is 3.54. The average molecular weight is 360 g/mol. The van der Waals surface area contributed by atoms with Gasteiger partial charge in [0.25, 0.3) is 11.8 Å². The molecule has 8 heteroatoms. The molecular formula is C19H16N6O2. The molecule has 0 saturated heterocycles. The molecule has 2 heterocycles. The van der Waals surface area contributed by atoms with E-state index in [0.29, 0.717) is 17.7 Å². The van der Waals surface area contributed by atoms with E-state index < -0.39 is 5.91 Å². The van der Waals surface area contributed by atoms with Crippen molar-refractivity contribution < 1.29 is 9.59 Å². The average Bonchev–Trinajstić information content (AvgIpc) is 3.36. The highest BCUT2D eigenvalue weighted by Gasteiger charge is 2.13. The van der Waals surface area contributed by atoms with Gasteiger partial charge in [-0.15, -0.1) is 0 Å². The molecule has 0 bridgehead atoms. The fourth-order valence-electron chi connectivity index (χ4n) is 2.78. The lowest BCUT2D eigenvalue weighted by atomic mass is 10.1. The van der Waals surface area contributed by atoms with E-state index in [1.165, 1.54) is 6.33 Å². The van der Waals surface area contributed by atoms with Gasteiger partial charge in [0, 0.05) is 22.7 Å². The second-order valence-corrected chi connectivity index (χ2v) is 5.95. The Labute approximate surface area is 154 Å². The maximum absolute atomic E-state index is 12.3. The van der Waals surface area contributed by atoms with Crippen LogP contribution in [0.2, 0.25) is 0 Å². The van der Waals surface area contributed by atoms with Crippen LogP contribution in [0.4, 0.5) is 0 Å². The zero-order chi connectivity index (χ0) is 18.6. The zero-order valence-corrected chi connectivity index (χ0v) is 14.2. The largest absolute Gasteiger partial charge is 0.360 e. The van der Waals surface area contributed by atoms with Crippen molar-refractivity contribution in [3.05, 3.63) is 84.1 Å². The van der Waals surface area contributed by atoms with Crippen LogP contribution in [0.5, 0.6) is 0 Å². The van der Waals surface area contributed by atoms with Crippen molar-refractivity contribution in [3.63, 3.8) is 0 Å². The van der Waals surface area contributed by atoms with Crippen LogP contribution in [0.25, 0.3) is 10.9 Å². The summed E-state index contributed by atoms with van der Waals surface area (Å²) in [4.78, 5) is 31.5. The summed E-state index contributed by atoms with van der Waals surface area (Å²) in [6.45, 7) is 0.569. The van der Waals surface area contributed by atoms with Gasteiger partial charge in [-0.3, -0.25) is 20.4 Å². The number of benzene rings is 2. The van der Waals surface area contributed by atoms with Gasteiger partial charge in [-0.2, -0.15) is 5.10 Å². The molecule has 0 atom stereocenters. The molecule has 0 unspecified atom stereocenters. The van der Waals surface area contributed by atoms with Gasteiger partial charge in [-0.1, -0.05) is 30.3 Å². The van der Waals surface area contributed by atoms with E-state index in [2.05, 4.69) is 25.9 Å². The topological polar surface area (TPSA) is 105 Å². The zero-order valence-electron chi connectivity index (χ0n) is 14.2. The number of nitrogens with one attached hydrogen (secondary N) is 3. The Morgan fingerprint density at radius 3 is 2.56 bits per heavy atom. The summed E-state index contributed by atoms with van der Waals surface area (Å²) in [6, 6.07) is 14.5. The number of H-pyrrole nitrogens is 1. The van der Waals surface area contributed by atoms with E-state index in [9.17, 15) is 9.59 Å². The van der Waals surface area contributed by atoms with Gasteiger partial charge in [-0.05, 0) is 23.8 Å². The number of aromatic nitrogens is 4. The maximum atomic E-state index is 12.3. The van der Waals surface area contributed by atoms with Gasteiger partial charge in [0.05, 0.1) is 12.1 Å². The number of amides is 2. The maximum Gasteiger partial charge on any atom is 0.271 e. The molecular weight excluding hydrogens is 344 g/mol. The SMILES string of the molecule is O=C(NNC(=O)c1c[nH]c2ccccc12)c1ccc(Cn2cncn2)cc1. The Morgan fingerprint density at radius 2 is 1.78 bits per heavy atom. The van der Waals surface area contributed by atoms with Crippen molar-refractivity contribution in [2.24, 2.45) is 0 Å². The molecule has 0 saturated carbocycles. The summed E-state index contributed by atoms with van der Waals surface area (Å²) >= 11 is 0. The fraction of sp³-hybridized carbons (Fsp3) is 0.0526. The Morgan fingerprint density at radius 1 is 1.00 bits per heavy atom. The van der Waals surface area contributed by atoms with Crippen LogP contribution in [0, 0.1) is 0 Å². The summed E-state index contributed by atoms with van der Waals surface area (Å²) < 4.78 is 1.69. The Bertz CT molecular complexity index is 1080. The van der Waals surface area contributed by atoms with Crippen molar-refractivity contribution in [1.82, 2.24) is 30.6 Å². The summed E-state index contributed by atoms with van der Waals surface area (Å²) in [5, 5.41) is 4.83. The lowest BCUT2D eigenvalue weighted by Crippen LogP contribution is -2.41. The predicted octanol–water partition coefficient (Wildman–Crippen LogP) is 1.88. The number of fused-ring (bicyclic) bond motifs is 1. The molecule has 0 aliphatic rings. The van der Waals surface area contributed by atoms with Crippen molar-refractivity contribution in [2.75, 3.05) is 0 Å². The summed E-state index contributed by atoms with van der Waals surface area (Å²) in [5.41, 5.74) is 7.63. The molecule has 27 heavy (non-hydrogen) atoms. The minimum atomic E-state index is -0.393. The molecule has 0 spiro atoms. The first kappa shape index (κ1) is 16.5. The van der Waals surface area contributed by atoms with Crippen molar-refractivity contribution in [3.8, 4) is 0 Å². The fourth-order valence-corrected chi connectivity index (χ4v) is 2.78. The molecule has 8 nitrogen and oxygen atoms in total. The number of rotatable bonds is 4. The summed E-state index contributed by atoms with van der Waals surface area (Å²) in [6.07, 6.45) is 4.71. The van der Waals surface area contributed by atoms with Crippen LogP contribution in [0.1, 0.15) is 26.3 Å². The summed E-state index contributed by atoms with van der Waals surface area (Å²) in [7, 11) is 0. The van der Waals surface area contributed by atoms with Gasteiger partial charge in [-0.25, -0.2) is 9.67 Å². The lowest BCUT2D eigenvalue weighted by molar-refractivity contribution is 0.0847. The smallest absolute Gasteiger partial charge is 0.271 e. The molecule has 4 rings (SSSR count). The number of para-hydroxylation sites is 1. The van der Waals surface area contributed by atoms with Gasteiger partial charge in [0.1, 0.15) is 12.7 Å². The second kappa shape index (κ2) is 7.12. The van der Waals surface area contributed by atoms with Crippen molar-refractivity contribution in [1.29, 1.82) is 0 Å². The first-order valence-electron chi connectivity index (χ1n) is 8.29. The number of hydrogen-bond acceptors (Lipinski definition) is 4. The van der Waals surface area contributed by atoms with E-state index in [-0.39, 0.29) is 5.91 Å². The quantitative estimate of drug-likeness (QED) is 0.483. The Balaban J connectivity index is 1.38. The van der Waals surface area contributed by atoms with E-state index >= 15 is 0 Å². The first-order chi connectivity index (χ1) is 13.2. The molecule has 2 amide bonds. The van der Waals surface area contributed by atoms with E-state index in [0.717, 1.165) is 16.5 Å². The standard InChI is InChI=1S/C19H16N6O2/c26-18(14-7-5-13(6-8-14)10-25-12-20-11-22-25)23-24-19(27)16-9-21-17-4-2-1-3-15(16)17/h1-9,11-12,21H,10H2,(H,23,26)(H,24,27). The van der Waals surface area contributed by atoms with Gasteiger partial charge < -0.3 is 4.98 Å². The molecule has 4 aromatic rings. The lowest BCUT2D eigenvalue weighted by Gasteiger charge is -2.08. The third-order valence-corrected chi connectivity index (χ3v) is 4.15. The van der Waals surface area contributed by atoms with Crippen LogP contribution in [-0.2, 0) is 6.54 Å². The van der Waals surface area contributed by atoms with Crippen LogP contribution in [0.15, 0.2) is 67.4 Å². The molecule has 0 aliphatic carbocycles. The minimum Gasteiger partial charge on any atom is -0.360 e. The van der Waals surface area contributed by atoms with E-state index in [4.69, 9.17) is 0 Å². The molecule has 0 aliphatic heterocycles. The van der Waals surface area contributed by atoms with Crippen molar-refractivity contribution >= 4 is 22.7 Å². The van der Waals surface area contributed by atoms with Gasteiger partial charge in [0.15, 0.2) is 0 Å². The Hall–Kier alpha value is -3.94. The first-order valence-corrected chi connectivity index (χ1v) is 8.29. The second-order valence-electron chi connectivity index (χ2n) is 5.95. The number of nitrogens with zero attached hydrogens (tertiary/aromatic N) is 3. The highest BCUT2D eigenvalue weighted by Crippen LogP contribution is 2.17. The van der Waals surface area contributed by atoms with E-state index in [1.54, 1.807) is 29.3 Å². The molecule has 2 aromatic heterocycles. The van der Waals surface area contributed by atoms with Crippen LogP contribution in [0.3, 0.4) is 0 Å². The number of hydrazine groups is 1. The van der Waals surface area contributed by atoms with Crippen molar-refractivity contribution in [2.45, 2.75) is 6.54 Å². The Kier molecular flexibility index (Phi) is 4.36. The minimum absolute atomic E-state index is 0.386. The van der Waals surface area contributed by atoms with Crippen LogP contribution < -0.4 is 10.9 Å². The number of carbonyl (C=O) groups excluding carboxylic acids is 2. The number of hydrogen-bond donors (Lipinski definition) is 3. The normalized spacial score (nSPS) is 10.7.